The predicted molar refractivity (Wildman–Crippen MR) is 149 cm³/mol. The minimum atomic E-state index is -0.218. The van der Waals surface area contributed by atoms with Gasteiger partial charge in [0.15, 0.2) is 0 Å². The van der Waals surface area contributed by atoms with Gasteiger partial charge >= 0.3 is 0 Å². The molecule has 0 atom stereocenters. The van der Waals surface area contributed by atoms with E-state index < -0.39 is 0 Å². The summed E-state index contributed by atoms with van der Waals surface area (Å²) >= 11 is 0. The fourth-order valence-electron chi connectivity index (χ4n) is 5.55. The zero-order chi connectivity index (χ0) is 26.2. The number of likely N-dealkylation sites (tertiary alicyclic amines) is 1. The summed E-state index contributed by atoms with van der Waals surface area (Å²) in [5, 5.41) is 8.53. The van der Waals surface area contributed by atoms with Crippen LogP contribution in [0.5, 0.6) is 0 Å². The second-order valence-corrected chi connectivity index (χ2v) is 10.1. The number of nitrogens with one attached hydrogen (secondary N) is 2. The number of benzene rings is 1. The number of H-pyrrole nitrogens is 2. The van der Waals surface area contributed by atoms with Gasteiger partial charge in [0.25, 0.3) is 0 Å². The number of halogens is 1. The van der Waals surface area contributed by atoms with E-state index in [2.05, 4.69) is 41.1 Å². The molecule has 8 nitrogen and oxygen atoms in total. The van der Waals surface area contributed by atoms with Crippen molar-refractivity contribution in [2.45, 2.75) is 25.7 Å². The van der Waals surface area contributed by atoms with Crippen molar-refractivity contribution >= 4 is 22.1 Å². The van der Waals surface area contributed by atoms with Crippen LogP contribution in [0.25, 0.3) is 55.8 Å². The van der Waals surface area contributed by atoms with Gasteiger partial charge in [-0.2, -0.15) is 5.10 Å². The molecule has 7 rings (SSSR count). The molecule has 1 aliphatic rings. The highest BCUT2D eigenvalue weighted by atomic mass is 19.1. The van der Waals surface area contributed by atoms with E-state index in [1.165, 1.54) is 32.3 Å². The number of pyridine rings is 2. The van der Waals surface area contributed by atoms with Crippen LogP contribution in [0.4, 0.5) is 4.39 Å². The molecule has 0 spiro atoms. The molecule has 6 aromatic rings. The molecular formula is C30H27FN8. The zero-order valence-corrected chi connectivity index (χ0v) is 21.4. The normalized spacial score (nSPS) is 14.1. The van der Waals surface area contributed by atoms with Gasteiger partial charge in [0.05, 0.1) is 16.9 Å². The number of aryl methyl sites for hydroxylation is 1. The smallest absolute Gasteiger partial charge is 0.138 e. The molecule has 0 bridgehead atoms. The largest absolute Gasteiger partial charge is 0.338 e. The Morgan fingerprint density at radius 2 is 1.82 bits per heavy atom. The van der Waals surface area contributed by atoms with E-state index in [0.29, 0.717) is 11.3 Å². The van der Waals surface area contributed by atoms with Crippen molar-refractivity contribution in [1.82, 2.24) is 40.0 Å². The number of aromatic nitrogens is 7. The Morgan fingerprint density at radius 1 is 0.949 bits per heavy atom. The molecule has 0 saturated carbocycles. The maximum atomic E-state index is 14.8. The van der Waals surface area contributed by atoms with Gasteiger partial charge in [0, 0.05) is 29.5 Å². The molecule has 1 aromatic carbocycles. The van der Waals surface area contributed by atoms with Crippen LogP contribution >= 0.6 is 0 Å². The Balaban J connectivity index is 1.23. The molecule has 1 fully saturated rings. The highest BCUT2D eigenvalue weighted by molar-refractivity contribution is 5.99. The molecule has 9 heteroatoms. The average Bonchev–Trinajstić information content (AvgIpc) is 3.72. The van der Waals surface area contributed by atoms with E-state index in [4.69, 9.17) is 4.98 Å². The van der Waals surface area contributed by atoms with E-state index in [0.717, 1.165) is 69.4 Å². The molecule has 1 aliphatic heterocycles. The van der Waals surface area contributed by atoms with Crippen LogP contribution in [-0.2, 0) is 6.42 Å². The molecule has 39 heavy (non-hydrogen) atoms. The Labute approximate surface area is 224 Å². The maximum absolute atomic E-state index is 14.8. The molecule has 0 aliphatic carbocycles. The zero-order valence-electron chi connectivity index (χ0n) is 21.4. The Kier molecular flexibility index (Phi) is 6.05. The Hall–Kier alpha value is -4.50. The summed E-state index contributed by atoms with van der Waals surface area (Å²) < 4.78 is 14.8. The van der Waals surface area contributed by atoms with E-state index in [-0.39, 0.29) is 5.82 Å². The van der Waals surface area contributed by atoms with E-state index >= 15 is 0 Å². The molecule has 1 saturated heterocycles. The molecule has 0 radical (unpaired) electrons. The summed E-state index contributed by atoms with van der Waals surface area (Å²) in [4.78, 5) is 23.5. The highest BCUT2D eigenvalue weighted by Gasteiger charge is 2.17. The number of aromatic amines is 2. The summed E-state index contributed by atoms with van der Waals surface area (Å²) in [7, 11) is 0. The quantitative estimate of drug-likeness (QED) is 0.277. The lowest BCUT2D eigenvalue weighted by Crippen LogP contribution is -2.20. The van der Waals surface area contributed by atoms with Crippen molar-refractivity contribution in [2.75, 3.05) is 19.6 Å². The minimum absolute atomic E-state index is 0.218. The van der Waals surface area contributed by atoms with E-state index in [1.807, 2.05) is 24.3 Å². The van der Waals surface area contributed by atoms with E-state index in [9.17, 15) is 4.39 Å². The second kappa shape index (κ2) is 9.99. The molecule has 5 aromatic heterocycles. The van der Waals surface area contributed by atoms with Gasteiger partial charge in [-0.05, 0) is 98.4 Å². The minimum Gasteiger partial charge on any atom is -0.338 e. The third-order valence-electron chi connectivity index (χ3n) is 7.46. The summed E-state index contributed by atoms with van der Waals surface area (Å²) in [6.07, 6.45) is 11.2. The molecule has 2 N–H and O–H groups in total. The van der Waals surface area contributed by atoms with Crippen molar-refractivity contribution in [3.8, 4) is 33.8 Å². The van der Waals surface area contributed by atoms with Crippen LogP contribution in [0.15, 0.2) is 67.4 Å². The first kappa shape index (κ1) is 23.6. The van der Waals surface area contributed by atoms with Crippen molar-refractivity contribution in [1.29, 1.82) is 0 Å². The summed E-state index contributed by atoms with van der Waals surface area (Å²) in [5.41, 5.74) is 8.12. The first-order valence-corrected chi connectivity index (χ1v) is 13.3. The predicted octanol–water partition coefficient (Wildman–Crippen LogP) is 5.79. The molecule has 6 heterocycles. The molecular weight excluding hydrogens is 491 g/mol. The number of hydrogen-bond acceptors (Lipinski definition) is 6. The standard InChI is InChI=1S/C30H27FN8/c31-22-13-19(4-3-11-39-9-1-2-10-39)12-20(14-22)23-7-8-34-30-24(23)15-27(36-30)29-28-26(37-38-29)6-5-25(35-28)21-16-32-18-33-17-21/h5-8,12-18H,1-4,9-11H2,(H,34,36)(H,37,38). The van der Waals surface area contributed by atoms with Crippen LogP contribution in [0.2, 0.25) is 0 Å². The first-order chi connectivity index (χ1) is 19.2. The summed E-state index contributed by atoms with van der Waals surface area (Å²) in [5.74, 6) is -0.218. The highest BCUT2D eigenvalue weighted by Crippen LogP contribution is 2.34. The van der Waals surface area contributed by atoms with Crippen LogP contribution in [0, 0.1) is 5.82 Å². The lowest BCUT2D eigenvalue weighted by molar-refractivity contribution is 0.334. The maximum Gasteiger partial charge on any atom is 0.138 e. The van der Waals surface area contributed by atoms with Gasteiger partial charge in [0.1, 0.15) is 29.0 Å². The third-order valence-corrected chi connectivity index (χ3v) is 7.46. The number of rotatable bonds is 7. The first-order valence-electron chi connectivity index (χ1n) is 13.3. The lowest BCUT2D eigenvalue weighted by Gasteiger charge is -2.14. The Morgan fingerprint density at radius 3 is 2.69 bits per heavy atom. The third kappa shape index (κ3) is 4.66. The lowest BCUT2D eigenvalue weighted by atomic mass is 9.99. The summed E-state index contributed by atoms with van der Waals surface area (Å²) in [6.45, 7) is 3.43. The van der Waals surface area contributed by atoms with Crippen molar-refractivity contribution < 1.29 is 4.39 Å². The SMILES string of the molecule is Fc1cc(CCCN2CCCC2)cc(-c2ccnc3[nH]c(-c4n[nH]c5ccc(-c6cncnc6)nc45)cc23)c1. The fourth-order valence-corrected chi connectivity index (χ4v) is 5.55. The van der Waals surface area contributed by atoms with Crippen LogP contribution < -0.4 is 0 Å². The van der Waals surface area contributed by atoms with Crippen molar-refractivity contribution in [3.05, 3.63) is 78.8 Å². The van der Waals surface area contributed by atoms with Gasteiger partial charge in [-0.3, -0.25) is 5.10 Å². The van der Waals surface area contributed by atoms with Gasteiger partial charge in [-0.15, -0.1) is 0 Å². The molecule has 194 valence electrons. The van der Waals surface area contributed by atoms with Crippen LogP contribution in [0.3, 0.4) is 0 Å². The second-order valence-electron chi connectivity index (χ2n) is 10.1. The van der Waals surface area contributed by atoms with Gasteiger partial charge in [-0.25, -0.2) is 24.3 Å². The van der Waals surface area contributed by atoms with Crippen LogP contribution in [-0.4, -0.2) is 59.7 Å². The fraction of sp³-hybridized carbons (Fsp3) is 0.233. The number of hydrogen-bond donors (Lipinski definition) is 2. The van der Waals surface area contributed by atoms with Crippen molar-refractivity contribution in [2.24, 2.45) is 0 Å². The molecule has 0 amide bonds. The van der Waals surface area contributed by atoms with Crippen molar-refractivity contribution in [3.63, 3.8) is 0 Å². The number of fused-ring (bicyclic) bond motifs is 2. The average molecular weight is 519 g/mol. The van der Waals surface area contributed by atoms with E-state index in [1.54, 1.807) is 30.7 Å². The van der Waals surface area contributed by atoms with Gasteiger partial charge < -0.3 is 9.88 Å². The topological polar surface area (TPSA) is 99.3 Å². The Bertz CT molecular complexity index is 1770. The summed E-state index contributed by atoms with van der Waals surface area (Å²) in [6, 6.07) is 13.2. The monoisotopic (exact) mass is 518 g/mol. The van der Waals surface area contributed by atoms with Crippen LogP contribution in [0.1, 0.15) is 24.8 Å². The van der Waals surface area contributed by atoms with Gasteiger partial charge in [-0.1, -0.05) is 6.07 Å². The molecule has 0 unspecified atom stereocenters. The van der Waals surface area contributed by atoms with Gasteiger partial charge in [0.2, 0.25) is 0 Å². The number of nitrogens with zero attached hydrogens (tertiary/aromatic N) is 6.